The van der Waals surface area contributed by atoms with Crippen LogP contribution in [0.25, 0.3) is 0 Å². The Kier molecular flexibility index (Phi) is 4.88. The molecule has 21 heavy (non-hydrogen) atoms. The van der Waals surface area contributed by atoms with Crippen molar-refractivity contribution in [3.8, 4) is 0 Å². The van der Waals surface area contributed by atoms with Crippen molar-refractivity contribution in [1.82, 2.24) is 10.2 Å². The predicted molar refractivity (Wildman–Crippen MR) is 89.8 cm³/mol. The molecule has 1 aromatic rings. The van der Waals surface area contributed by atoms with Crippen molar-refractivity contribution in [3.63, 3.8) is 0 Å². The Morgan fingerprint density at radius 2 is 2.00 bits per heavy atom. The Morgan fingerprint density at radius 3 is 2.62 bits per heavy atom. The number of hydrogen-bond donors (Lipinski definition) is 1. The van der Waals surface area contributed by atoms with Crippen LogP contribution in [-0.2, 0) is 0 Å². The summed E-state index contributed by atoms with van der Waals surface area (Å²) in [5.41, 5.74) is 1.33. The first kappa shape index (κ1) is 15.3. The molecule has 0 radical (unpaired) electrons. The summed E-state index contributed by atoms with van der Waals surface area (Å²) >= 11 is 6.15. The second kappa shape index (κ2) is 6.68. The van der Waals surface area contributed by atoms with Crippen LogP contribution in [-0.4, -0.2) is 30.1 Å². The highest BCUT2D eigenvalue weighted by atomic mass is 35.5. The smallest absolute Gasteiger partial charge is 0.0409 e. The summed E-state index contributed by atoms with van der Waals surface area (Å²) in [6.45, 7) is 2.26. The number of nitrogens with one attached hydrogen (secondary N) is 1. The molecule has 1 N–H and O–H groups in total. The molecule has 0 saturated carbocycles. The maximum absolute atomic E-state index is 6.15. The van der Waals surface area contributed by atoms with E-state index in [0.29, 0.717) is 12.1 Å². The van der Waals surface area contributed by atoms with Crippen LogP contribution in [0.15, 0.2) is 24.3 Å². The average molecular weight is 307 g/mol. The van der Waals surface area contributed by atoms with Crippen LogP contribution in [0.2, 0.25) is 5.02 Å². The lowest BCUT2D eigenvalue weighted by Crippen LogP contribution is -2.54. The van der Waals surface area contributed by atoms with Gasteiger partial charge in [0, 0.05) is 29.2 Å². The molecule has 0 aliphatic carbocycles. The lowest BCUT2D eigenvalue weighted by atomic mass is 9.82. The van der Waals surface area contributed by atoms with Crippen molar-refractivity contribution >= 4 is 11.6 Å². The van der Waals surface area contributed by atoms with Gasteiger partial charge >= 0.3 is 0 Å². The first-order valence-electron chi connectivity index (χ1n) is 8.40. The van der Waals surface area contributed by atoms with Gasteiger partial charge in [-0.1, -0.05) is 37.1 Å². The lowest BCUT2D eigenvalue weighted by molar-refractivity contribution is 0.0456. The number of nitrogens with zero attached hydrogens (tertiary/aromatic N) is 1. The molecule has 2 saturated heterocycles. The van der Waals surface area contributed by atoms with Crippen molar-refractivity contribution < 1.29 is 0 Å². The first-order chi connectivity index (χ1) is 10.2. The summed E-state index contributed by atoms with van der Waals surface area (Å²) in [6, 6.07) is 11.0. The summed E-state index contributed by atoms with van der Waals surface area (Å²) in [4.78, 5) is 2.63. The molecule has 1 aromatic carbocycles. The zero-order chi connectivity index (χ0) is 14.8. The van der Waals surface area contributed by atoms with E-state index in [1.807, 2.05) is 6.07 Å². The molecule has 2 fully saturated rings. The zero-order valence-corrected chi connectivity index (χ0v) is 13.9. The van der Waals surface area contributed by atoms with E-state index < -0.39 is 0 Å². The summed E-state index contributed by atoms with van der Waals surface area (Å²) < 4.78 is 0. The predicted octanol–water partition coefficient (Wildman–Crippen LogP) is 4.40. The number of rotatable bonds is 4. The van der Waals surface area contributed by atoms with E-state index in [1.54, 1.807) is 0 Å². The molecule has 2 nitrogen and oxygen atoms in total. The van der Waals surface area contributed by atoms with E-state index in [-0.39, 0.29) is 0 Å². The van der Waals surface area contributed by atoms with Crippen LogP contribution in [0.5, 0.6) is 0 Å². The van der Waals surface area contributed by atoms with Gasteiger partial charge in [-0.2, -0.15) is 0 Å². The minimum absolute atomic E-state index is 0.429. The first-order valence-corrected chi connectivity index (χ1v) is 8.78. The maximum Gasteiger partial charge on any atom is 0.0409 e. The van der Waals surface area contributed by atoms with Gasteiger partial charge in [0.15, 0.2) is 0 Å². The van der Waals surface area contributed by atoms with Crippen molar-refractivity contribution in [2.45, 2.75) is 69.6 Å². The third-order valence-electron chi connectivity index (χ3n) is 5.44. The summed E-state index contributed by atoms with van der Waals surface area (Å²) in [7, 11) is 2.32. The van der Waals surface area contributed by atoms with Crippen molar-refractivity contribution in [3.05, 3.63) is 34.9 Å². The SMILES string of the molecule is CCC(NC1CC2CCCC(C1)N2C)c1cccc(Cl)c1. The Hall–Kier alpha value is -0.570. The van der Waals surface area contributed by atoms with E-state index in [2.05, 4.69) is 42.4 Å². The van der Waals surface area contributed by atoms with E-state index in [4.69, 9.17) is 11.6 Å². The molecule has 2 aliphatic rings. The molecule has 3 rings (SSSR count). The number of benzene rings is 1. The second-order valence-corrected chi connectivity index (χ2v) is 7.19. The van der Waals surface area contributed by atoms with E-state index in [1.165, 1.54) is 37.7 Å². The molecule has 0 spiro atoms. The Labute approximate surface area is 133 Å². The molecule has 3 heteroatoms. The molecule has 116 valence electrons. The highest BCUT2D eigenvalue weighted by molar-refractivity contribution is 6.30. The van der Waals surface area contributed by atoms with Crippen LogP contribution >= 0.6 is 11.6 Å². The minimum atomic E-state index is 0.429. The molecule has 0 amide bonds. The highest BCUT2D eigenvalue weighted by Crippen LogP contribution is 2.34. The summed E-state index contributed by atoms with van der Waals surface area (Å²) in [5, 5.41) is 4.75. The van der Waals surface area contributed by atoms with E-state index in [9.17, 15) is 0 Å². The zero-order valence-electron chi connectivity index (χ0n) is 13.2. The standard InChI is InChI=1S/C18H27ClN2/c1-3-18(13-6-4-7-14(19)10-13)20-15-11-16-8-5-9-17(12-15)21(16)2/h4,6-7,10,15-18,20H,3,5,8-9,11-12H2,1-2H3. The van der Waals surface area contributed by atoms with Crippen LogP contribution < -0.4 is 5.32 Å². The van der Waals surface area contributed by atoms with Gasteiger partial charge in [-0.25, -0.2) is 0 Å². The van der Waals surface area contributed by atoms with Crippen LogP contribution in [0, 0.1) is 0 Å². The fourth-order valence-electron chi connectivity index (χ4n) is 4.21. The largest absolute Gasteiger partial charge is 0.307 e. The number of piperidine rings is 2. The van der Waals surface area contributed by atoms with Crippen LogP contribution in [0.4, 0.5) is 0 Å². The van der Waals surface area contributed by atoms with Gasteiger partial charge < -0.3 is 10.2 Å². The normalized spacial score (nSPS) is 31.1. The minimum Gasteiger partial charge on any atom is -0.307 e. The van der Waals surface area contributed by atoms with Gasteiger partial charge in [-0.05, 0) is 56.8 Å². The maximum atomic E-state index is 6.15. The molecule has 0 aromatic heterocycles. The summed E-state index contributed by atoms with van der Waals surface area (Å²) in [5.74, 6) is 0. The second-order valence-electron chi connectivity index (χ2n) is 6.75. The van der Waals surface area contributed by atoms with Gasteiger partial charge in [-0.3, -0.25) is 0 Å². The monoisotopic (exact) mass is 306 g/mol. The van der Waals surface area contributed by atoms with Crippen LogP contribution in [0.1, 0.15) is 57.1 Å². The molecule has 2 heterocycles. The fourth-order valence-corrected chi connectivity index (χ4v) is 4.41. The molecule has 2 aliphatic heterocycles. The molecule has 2 bridgehead atoms. The lowest BCUT2D eigenvalue weighted by Gasteiger charge is -2.48. The van der Waals surface area contributed by atoms with Gasteiger partial charge in [0.1, 0.15) is 0 Å². The van der Waals surface area contributed by atoms with Crippen molar-refractivity contribution in [2.24, 2.45) is 0 Å². The fraction of sp³-hybridized carbons (Fsp3) is 0.667. The third-order valence-corrected chi connectivity index (χ3v) is 5.67. The average Bonchev–Trinajstić information content (AvgIpc) is 2.45. The molecule has 3 atom stereocenters. The Balaban J connectivity index is 1.67. The van der Waals surface area contributed by atoms with Gasteiger partial charge in [0.2, 0.25) is 0 Å². The Bertz CT molecular complexity index is 462. The van der Waals surface area contributed by atoms with Crippen molar-refractivity contribution in [1.29, 1.82) is 0 Å². The van der Waals surface area contributed by atoms with Crippen LogP contribution in [0.3, 0.4) is 0 Å². The molecule has 3 unspecified atom stereocenters. The van der Waals surface area contributed by atoms with E-state index in [0.717, 1.165) is 23.5 Å². The van der Waals surface area contributed by atoms with Crippen molar-refractivity contribution in [2.75, 3.05) is 7.05 Å². The van der Waals surface area contributed by atoms with Gasteiger partial charge in [0.25, 0.3) is 0 Å². The Morgan fingerprint density at radius 1 is 1.29 bits per heavy atom. The molecular formula is C18H27ClN2. The number of hydrogen-bond acceptors (Lipinski definition) is 2. The third kappa shape index (κ3) is 3.44. The quantitative estimate of drug-likeness (QED) is 0.887. The van der Waals surface area contributed by atoms with Gasteiger partial charge in [-0.15, -0.1) is 0 Å². The molecular weight excluding hydrogens is 280 g/mol. The van der Waals surface area contributed by atoms with E-state index >= 15 is 0 Å². The number of fused-ring (bicyclic) bond motifs is 2. The van der Waals surface area contributed by atoms with Gasteiger partial charge in [0.05, 0.1) is 0 Å². The topological polar surface area (TPSA) is 15.3 Å². The highest BCUT2D eigenvalue weighted by Gasteiger charge is 2.36. The summed E-state index contributed by atoms with van der Waals surface area (Å²) in [6.07, 6.45) is 7.87. The number of halogens is 1.